The average molecular weight is 450 g/mol. The van der Waals surface area contributed by atoms with Gasteiger partial charge in [0.2, 0.25) is 0 Å². The summed E-state index contributed by atoms with van der Waals surface area (Å²) in [5, 5.41) is 2.18. The molecule has 1 N–H and O–H groups in total. The fourth-order valence-corrected chi connectivity index (χ4v) is 3.30. The maximum absolute atomic E-state index is 13.0. The van der Waals surface area contributed by atoms with Crippen molar-refractivity contribution in [2.75, 3.05) is 18.6 Å². The molecule has 1 aliphatic heterocycles. The first-order valence-electron chi connectivity index (χ1n) is 10.8. The molecule has 2 aromatic carbocycles. The van der Waals surface area contributed by atoms with E-state index < -0.39 is 23.8 Å². The zero-order chi connectivity index (χ0) is 23.8. The Morgan fingerprint density at radius 2 is 1.67 bits per heavy atom. The summed E-state index contributed by atoms with van der Waals surface area (Å²) in [6.07, 6.45) is 5.88. The molecular formula is C25H26N2O6. The molecule has 33 heavy (non-hydrogen) atoms. The van der Waals surface area contributed by atoms with Crippen molar-refractivity contribution in [3.05, 3.63) is 65.2 Å². The van der Waals surface area contributed by atoms with Gasteiger partial charge in [-0.15, -0.1) is 0 Å². The SMILES string of the molecule is CCCCCCOc1ccc(C=C2C(=O)NC(=O)N(c3ccc(C(=O)OC)cc3)C2=O)cc1. The van der Waals surface area contributed by atoms with Crippen LogP contribution in [-0.2, 0) is 14.3 Å². The first kappa shape index (κ1) is 23.7. The molecule has 4 amide bonds. The predicted molar refractivity (Wildman–Crippen MR) is 123 cm³/mol. The van der Waals surface area contributed by atoms with Crippen LogP contribution in [0, 0.1) is 0 Å². The maximum Gasteiger partial charge on any atom is 0.337 e. The highest BCUT2D eigenvalue weighted by Gasteiger charge is 2.36. The predicted octanol–water partition coefficient (Wildman–Crippen LogP) is 4.10. The number of anilines is 1. The lowest BCUT2D eigenvalue weighted by atomic mass is 10.1. The Morgan fingerprint density at radius 1 is 0.970 bits per heavy atom. The van der Waals surface area contributed by atoms with Gasteiger partial charge in [0, 0.05) is 0 Å². The van der Waals surface area contributed by atoms with Crippen molar-refractivity contribution in [2.24, 2.45) is 0 Å². The first-order chi connectivity index (χ1) is 15.9. The number of carbonyl (C=O) groups is 4. The number of benzene rings is 2. The number of ether oxygens (including phenoxy) is 2. The fourth-order valence-electron chi connectivity index (χ4n) is 3.30. The first-order valence-corrected chi connectivity index (χ1v) is 10.8. The van der Waals surface area contributed by atoms with Crippen molar-refractivity contribution in [1.82, 2.24) is 5.32 Å². The van der Waals surface area contributed by atoms with E-state index in [-0.39, 0.29) is 16.8 Å². The van der Waals surface area contributed by atoms with E-state index in [1.807, 2.05) is 0 Å². The number of imide groups is 2. The van der Waals surface area contributed by atoms with Gasteiger partial charge >= 0.3 is 12.0 Å². The molecule has 172 valence electrons. The minimum atomic E-state index is -0.861. The lowest BCUT2D eigenvalue weighted by molar-refractivity contribution is -0.122. The van der Waals surface area contributed by atoms with E-state index in [9.17, 15) is 19.2 Å². The molecule has 1 heterocycles. The second-order valence-electron chi connectivity index (χ2n) is 7.47. The second-order valence-corrected chi connectivity index (χ2v) is 7.47. The van der Waals surface area contributed by atoms with Gasteiger partial charge in [0.15, 0.2) is 0 Å². The Kier molecular flexibility index (Phi) is 7.96. The highest BCUT2D eigenvalue weighted by molar-refractivity contribution is 6.39. The van der Waals surface area contributed by atoms with Crippen LogP contribution in [0.4, 0.5) is 10.5 Å². The Bertz CT molecular complexity index is 1060. The molecule has 1 aliphatic rings. The number of urea groups is 1. The average Bonchev–Trinajstić information content (AvgIpc) is 2.82. The van der Waals surface area contributed by atoms with E-state index in [0.717, 1.165) is 24.2 Å². The second kappa shape index (κ2) is 11.1. The lowest BCUT2D eigenvalue weighted by Crippen LogP contribution is -2.54. The monoisotopic (exact) mass is 450 g/mol. The van der Waals surface area contributed by atoms with Crippen molar-refractivity contribution in [3.63, 3.8) is 0 Å². The summed E-state index contributed by atoms with van der Waals surface area (Å²) in [4.78, 5) is 50.1. The van der Waals surface area contributed by atoms with Gasteiger partial charge in [-0.3, -0.25) is 14.9 Å². The molecule has 0 atom stereocenters. The summed E-state index contributed by atoms with van der Waals surface area (Å²) in [6, 6.07) is 11.9. The van der Waals surface area contributed by atoms with Crippen LogP contribution in [0.2, 0.25) is 0 Å². The van der Waals surface area contributed by atoms with Crippen LogP contribution in [0.15, 0.2) is 54.1 Å². The molecule has 8 nitrogen and oxygen atoms in total. The number of amides is 4. The number of nitrogens with zero attached hydrogens (tertiary/aromatic N) is 1. The van der Waals surface area contributed by atoms with Crippen LogP contribution in [0.3, 0.4) is 0 Å². The van der Waals surface area contributed by atoms with Crippen LogP contribution in [0.1, 0.15) is 48.5 Å². The summed E-state index contributed by atoms with van der Waals surface area (Å²) in [7, 11) is 1.26. The van der Waals surface area contributed by atoms with Crippen molar-refractivity contribution in [3.8, 4) is 5.75 Å². The van der Waals surface area contributed by atoms with Gasteiger partial charge in [-0.1, -0.05) is 38.3 Å². The van der Waals surface area contributed by atoms with Gasteiger partial charge in [0.25, 0.3) is 11.8 Å². The van der Waals surface area contributed by atoms with E-state index in [4.69, 9.17) is 4.74 Å². The Balaban J connectivity index is 1.74. The van der Waals surface area contributed by atoms with Gasteiger partial charge in [-0.25, -0.2) is 14.5 Å². The van der Waals surface area contributed by atoms with Crippen molar-refractivity contribution in [1.29, 1.82) is 0 Å². The van der Waals surface area contributed by atoms with E-state index in [0.29, 0.717) is 17.9 Å². The quantitative estimate of drug-likeness (QED) is 0.267. The molecule has 0 radical (unpaired) electrons. The molecule has 0 bridgehead atoms. The summed E-state index contributed by atoms with van der Waals surface area (Å²) in [6.45, 7) is 2.79. The molecule has 2 aromatic rings. The molecule has 0 saturated carbocycles. The fraction of sp³-hybridized carbons (Fsp3) is 0.280. The molecule has 1 saturated heterocycles. The van der Waals surface area contributed by atoms with Crippen molar-refractivity contribution in [2.45, 2.75) is 32.6 Å². The lowest BCUT2D eigenvalue weighted by Gasteiger charge is -2.26. The summed E-state index contributed by atoms with van der Waals surface area (Å²) >= 11 is 0. The number of hydrogen-bond acceptors (Lipinski definition) is 6. The van der Waals surface area contributed by atoms with Gasteiger partial charge < -0.3 is 9.47 Å². The number of rotatable bonds is 9. The largest absolute Gasteiger partial charge is 0.494 e. The number of hydrogen-bond donors (Lipinski definition) is 1. The molecule has 0 aliphatic carbocycles. The number of carbonyl (C=O) groups excluding carboxylic acids is 4. The molecule has 0 unspecified atom stereocenters. The van der Waals surface area contributed by atoms with E-state index in [1.54, 1.807) is 24.3 Å². The zero-order valence-corrected chi connectivity index (χ0v) is 18.6. The van der Waals surface area contributed by atoms with Gasteiger partial charge in [0.1, 0.15) is 11.3 Å². The third-order valence-electron chi connectivity index (χ3n) is 5.11. The minimum Gasteiger partial charge on any atom is -0.494 e. The van der Waals surface area contributed by atoms with Crippen molar-refractivity contribution < 1.29 is 28.7 Å². The summed E-state index contributed by atoms with van der Waals surface area (Å²) in [5.41, 5.74) is 0.919. The number of esters is 1. The molecule has 3 rings (SSSR count). The number of barbiturate groups is 1. The highest BCUT2D eigenvalue weighted by Crippen LogP contribution is 2.23. The molecule has 0 aromatic heterocycles. The number of methoxy groups -OCH3 is 1. The van der Waals surface area contributed by atoms with E-state index in [1.165, 1.54) is 43.9 Å². The van der Waals surface area contributed by atoms with Crippen LogP contribution in [0.25, 0.3) is 6.08 Å². The van der Waals surface area contributed by atoms with Crippen LogP contribution in [0.5, 0.6) is 5.75 Å². The molecular weight excluding hydrogens is 424 g/mol. The standard InChI is InChI=1S/C25H26N2O6/c1-3-4-5-6-15-33-20-13-7-17(8-14-20)16-21-22(28)26-25(31)27(23(21)29)19-11-9-18(10-12-19)24(30)32-2/h7-14,16H,3-6,15H2,1-2H3,(H,26,28,31). The van der Waals surface area contributed by atoms with Crippen molar-refractivity contribution >= 4 is 35.6 Å². The Hall–Kier alpha value is -3.94. The number of unbranched alkanes of at least 4 members (excludes halogenated alkanes) is 3. The van der Waals surface area contributed by atoms with Crippen LogP contribution < -0.4 is 15.0 Å². The normalized spacial score (nSPS) is 14.9. The molecule has 0 spiro atoms. The topological polar surface area (TPSA) is 102 Å². The number of nitrogens with one attached hydrogen (secondary N) is 1. The zero-order valence-electron chi connectivity index (χ0n) is 18.6. The molecule has 1 fully saturated rings. The minimum absolute atomic E-state index is 0.181. The summed E-state index contributed by atoms with van der Waals surface area (Å²) < 4.78 is 10.4. The van der Waals surface area contributed by atoms with Gasteiger partial charge in [-0.05, 0) is 54.5 Å². The third kappa shape index (κ3) is 5.85. The van der Waals surface area contributed by atoms with Gasteiger partial charge in [-0.2, -0.15) is 0 Å². The van der Waals surface area contributed by atoms with Crippen LogP contribution >= 0.6 is 0 Å². The third-order valence-corrected chi connectivity index (χ3v) is 5.11. The summed E-state index contributed by atoms with van der Waals surface area (Å²) in [5.74, 6) is -1.37. The van der Waals surface area contributed by atoms with E-state index >= 15 is 0 Å². The highest BCUT2D eigenvalue weighted by atomic mass is 16.5. The maximum atomic E-state index is 13.0. The smallest absolute Gasteiger partial charge is 0.337 e. The molecule has 8 heteroatoms. The van der Waals surface area contributed by atoms with E-state index in [2.05, 4.69) is 17.0 Å². The Labute approximate surface area is 192 Å². The van der Waals surface area contributed by atoms with Crippen LogP contribution in [-0.4, -0.2) is 37.5 Å². The van der Waals surface area contributed by atoms with Gasteiger partial charge in [0.05, 0.1) is 25.0 Å². The Morgan fingerprint density at radius 3 is 2.30 bits per heavy atom.